The number of nitrogens with zero attached hydrogens (tertiary/aromatic N) is 3. The second kappa shape index (κ2) is 6.26. The Hall–Kier alpha value is -2.97. The van der Waals surface area contributed by atoms with Gasteiger partial charge in [0.25, 0.3) is 0 Å². The SMILES string of the molecule is CC(=O)NC[C@H]1CN(c2ccc3c(c2)OC/C(=N\O)N3C)C(=O)O1. The van der Waals surface area contributed by atoms with Crippen LogP contribution in [-0.2, 0) is 9.53 Å². The number of fused-ring (bicyclic) bond motifs is 1. The Morgan fingerprint density at radius 3 is 3.00 bits per heavy atom. The lowest BCUT2D eigenvalue weighted by Gasteiger charge is -2.28. The Bertz CT molecular complexity index is 705. The molecule has 0 bridgehead atoms. The molecular formula is C15H18N4O5. The van der Waals surface area contributed by atoms with Crippen molar-refractivity contribution in [1.82, 2.24) is 5.32 Å². The summed E-state index contributed by atoms with van der Waals surface area (Å²) in [5.74, 6) is 0.808. The molecule has 1 atom stereocenters. The summed E-state index contributed by atoms with van der Waals surface area (Å²) < 4.78 is 10.8. The number of amides is 2. The summed E-state index contributed by atoms with van der Waals surface area (Å²) in [5, 5.41) is 14.8. The molecule has 9 nitrogen and oxygen atoms in total. The Morgan fingerprint density at radius 1 is 1.50 bits per heavy atom. The van der Waals surface area contributed by atoms with Crippen LogP contribution in [0.15, 0.2) is 23.4 Å². The summed E-state index contributed by atoms with van der Waals surface area (Å²) in [7, 11) is 1.77. The lowest BCUT2D eigenvalue weighted by molar-refractivity contribution is -0.119. The van der Waals surface area contributed by atoms with Crippen molar-refractivity contribution >= 4 is 29.2 Å². The molecular weight excluding hydrogens is 316 g/mol. The van der Waals surface area contributed by atoms with Gasteiger partial charge in [-0.05, 0) is 12.1 Å². The molecule has 2 N–H and O–H groups in total. The Balaban J connectivity index is 1.77. The minimum atomic E-state index is -0.466. The van der Waals surface area contributed by atoms with Crippen LogP contribution in [0.5, 0.6) is 5.75 Å². The van der Waals surface area contributed by atoms with Gasteiger partial charge in [-0.25, -0.2) is 4.79 Å². The Kier molecular flexibility index (Phi) is 4.15. The van der Waals surface area contributed by atoms with Crippen molar-refractivity contribution in [2.24, 2.45) is 5.16 Å². The van der Waals surface area contributed by atoms with Crippen LogP contribution in [0, 0.1) is 0 Å². The minimum Gasteiger partial charge on any atom is -0.483 e. The molecule has 0 spiro atoms. The number of nitrogens with one attached hydrogen (secondary N) is 1. The molecule has 2 aliphatic rings. The maximum absolute atomic E-state index is 12.0. The molecule has 0 saturated carbocycles. The van der Waals surface area contributed by atoms with Crippen LogP contribution in [0.3, 0.4) is 0 Å². The predicted molar refractivity (Wildman–Crippen MR) is 85.9 cm³/mol. The van der Waals surface area contributed by atoms with E-state index in [-0.39, 0.29) is 19.1 Å². The van der Waals surface area contributed by atoms with Gasteiger partial charge in [0, 0.05) is 20.0 Å². The molecule has 2 aliphatic heterocycles. The van der Waals surface area contributed by atoms with E-state index in [0.717, 1.165) is 5.69 Å². The molecule has 2 heterocycles. The summed E-state index contributed by atoms with van der Waals surface area (Å²) in [6, 6.07) is 5.28. The summed E-state index contributed by atoms with van der Waals surface area (Å²) >= 11 is 0. The zero-order valence-electron chi connectivity index (χ0n) is 13.4. The number of benzene rings is 1. The van der Waals surface area contributed by atoms with Gasteiger partial charge in [0.1, 0.15) is 18.5 Å². The maximum atomic E-state index is 12.0. The first-order valence-corrected chi connectivity index (χ1v) is 7.43. The lowest BCUT2D eigenvalue weighted by atomic mass is 10.2. The van der Waals surface area contributed by atoms with E-state index in [0.29, 0.717) is 23.8 Å². The number of hydrogen-bond donors (Lipinski definition) is 2. The Morgan fingerprint density at radius 2 is 2.29 bits per heavy atom. The zero-order valence-corrected chi connectivity index (χ0v) is 13.4. The molecule has 1 saturated heterocycles. The number of anilines is 2. The molecule has 1 aromatic rings. The molecule has 2 amide bonds. The number of carbonyl (C=O) groups is 2. The fourth-order valence-corrected chi connectivity index (χ4v) is 2.63. The third-order valence-corrected chi connectivity index (χ3v) is 3.93. The third-order valence-electron chi connectivity index (χ3n) is 3.93. The third kappa shape index (κ3) is 2.92. The van der Waals surface area contributed by atoms with Gasteiger partial charge in [-0.1, -0.05) is 5.16 Å². The number of likely N-dealkylation sites (N-methyl/N-ethyl adjacent to an activating group) is 1. The minimum absolute atomic E-state index is 0.138. The van der Waals surface area contributed by atoms with Gasteiger partial charge in [0.2, 0.25) is 5.91 Å². The smallest absolute Gasteiger partial charge is 0.414 e. The van der Waals surface area contributed by atoms with Crippen molar-refractivity contribution in [3.05, 3.63) is 18.2 Å². The predicted octanol–water partition coefficient (Wildman–Crippen LogP) is 0.764. The number of hydrogen-bond acceptors (Lipinski definition) is 6. The van der Waals surface area contributed by atoms with Crippen LogP contribution in [0.4, 0.5) is 16.2 Å². The molecule has 3 rings (SSSR count). The molecule has 9 heteroatoms. The summed E-state index contributed by atoms with van der Waals surface area (Å²) in [6.45, 7) is 2.17. The van der Waals surface area contributed by atoms with Crippen molar-refractivity contribution in [1.29, 1.82) is 0 Å². The van der Waals surface area contributed by atoms with Gasteiger partial charge in [0.05, 0.1) is 24.5 Å². The second-order valence-electron chi connectivity index (χ2n) is 5.57. The first-order chi connectivity index (χ1) is 11.5. The topological polar surface area (TPSA) is 104 Å². The van der Waals surface area contributed by atoms with Crippen LogP contribution in [0.1, 0.15) is 6.92 Å². The number of rotatable bonds is 3. The average molecular weight is 334 g/mol. The van der Waals surface area contributed by atoms with Gasteiger partial charge in [0.15, 0.2) is 5.84 Å². The van der Waals surface area contributed by atoms with E-state index >= 15 is 0 Å². The zero-order chi connectivity index (χ0) is 17.3. The van der Waals surface area contributed by atoms with Gasteiger partial charge in [-0.3, -0.25) is 9.69 Å². The fraction of sp³-hybridized carbons (Fsp3) is 0.400. The van der Waals surface area contributed by atoms with Crippen molar-refractivity contribution in [2.75, 3.05) is 36.5 Å². The van der Waals surface area contributed by atoms with E-state index in [4.69, 9.17) is 14.7 Å². The maximum Gasteiger partial charge on any atom is 0.414 e. The molecule has 24 heavy (non-hydrogen) atoms. The van der Waals surface area contributed by atoms with E-state index in [1.165, 1.54) is 11.8 Å². The van der Waals surface area contributed by atoms with E-state index < -0.39 is 12.2 Å². The van der Waals surface area contributed by atoms with Crippen LogP contribution < -0.4 is 19.9 Å². The van der Waals surface area contributed by atoms with Crippen molar-refractivity contribution in [3.63, 3.8) is 0 Å². The molecule has 0 radical (unpaired) electrons. The largest absolute Gasteiger partial charge is 0.483 e. The molecule has 128 valence electrons. The molecule has 1 fully saturated rings. The number of oxime groups is 1. The van der Waals surface area contributed by atoms with Gasteiger partial charge in [-0.2, -0.15) is 0 Å². The summed E-state index contributed by atoms with van der Waals surface area (Å²) in [6.07, 6.45) is -0.860. The highest BCUT2D eigenvalue weighted by atomic mass is 16.6. The van der Waals surface area contributed by atoms with Gasteiger partial charge in [-0.15, -0.1) is 0 Å². The van der Waals surface area contributed by atoms with Crippen molar-refractivity contribution in [2.45, 2.75) is 13.0 Å². The number of cyclic esters (lactones) is 1. The first-order valence-electron chi connectivity index (χ1n) is 7.43. The average Bonchev–Trinajstić information content (AvgIpc) is 2.94. The quantitative estimate of drug-likeness (QED) is 0.625. The van der Waals surface area contributed by atoms with Crippen LogP contribution >= 0.6 is 0 Å². The number of ether oxygens (including phenoxy) is 2. The van der Waals surface area contributed by atoms with Crippen LogP contribution in [0.2, 0.25) is 0 Å². The van der Waals surface area contributed by atoms with E-state index in [9.17, 15) is 9.59 Å². The number of carbonyl (C=O) groups excluding carboxylic acids is 2. The van der Waals surface area contributed by atoms with E-state index in [2.05, 4.69) is 10.5 Å². The number of amidine groups is 1. The molecule has 0 aromatic heterocycles. The lowest BCUT2D eigenvalue weighted by Crippen LogP contribution is -2.36. The van der Waals surface area contributed by atoms with Gasteiger partial charge >= 0.3 is 6.09 Å². The van der Waals surface area contributed by atoms with Gasteiger partial charge < -0.3 is 24.9 Å². The highest BCUT2D eigenvalue weighted by molar-refractivity contribution is 6.01. The second-order valence-corrected chi connectivity index (χ2v) is 5.57. The summed E-state index contributed by atoms with van der Waals surface area (Å²) in [4.78, 5) is 26.2. The first kappa shape index (κ1) is 15.9. The monoisotopic (exact) mass is 334 g/mol. The standard InChI is InChI=1S/C15H18N4O5/c1-9(20)16-6-11-7-19(15(21)24-11)10-3-4-12-13(5-10)23-8-14(17-22)18(12)2/h3-5,11,22H,6-8H2,1-2H3,(H,16,20)/b17-14+/t11-/m0/s1. The molecule has 1 aromatic carbocycles. The fourth-order valence-electron chi connectivity index (χ4n) is 2.63. The van der Waals surface area contributed by atoms with E-state index in [1.54, 1.807) is 30.1 Å². The molecule has 0 aliphatic carbocycles. The van der Waals surface area contributed by atoms with Crippen LogP contribution in [-0.4, -0.2) is 55.9 Å². The van der Waals surface area contributed by atoms with Crippen LogP contribution in [0.25, 0.3) is 0 Å². The summed E-state index contributed by atoms with van der Waals surface area (Å²) in [5.41, 5.74) is 1.38. The Labute approximate surface area is 138 Å². The normalized spacial score (nSPS) is 21.3. The van der Waals surface area contributed by atoms with Crippen molar-refractivity contribution < 1.29 is 24.3 Å². The highest BCUT2D eigenvalue weighted by Gasteiger charge is 2.33. The molecule has 0 unspecified atom stereocenters. The van der Waals surface area contributed by atoms with E-state index in [1.807, 2.05) is 0 Å². The van der Waals surface area contributed by atoms with Crippen molar-refractivity contribution in [3.8, 4) is 5.75 Å². The highest BCUT2D eigenvalue weighted by Crippen LogP contribution is 2.36.